The Bertz CT molecular complexity index is 1520. The monoisotopic (exact) mass is 585 g/mol. The first-order valence-corrected chi connectivity index (χ1v) is 13.4. The van der Waals surface area contributed by atoms with Crippen LogP contribution in [-0.2, 0) is 28.6 Å². The van der Waals surface area contributed by atoms with Crippen LogP contribution in [0.5, 0.6) is 5.75 Å². The molecule has 0 radical (unpaired) electrons. The third kappa shape index (κ3) is 6.11. The quantitative estimate of drug-likeness (QED) is 0.239. The molecule has 1 atom stereocenters. The van der Waals surface area contributed by atoms with Gasteiger partial charge in [0.05, 0.1) is 23.6 Å². The molecule has 1 N–H and O–H groups in total. The van der Waals surface area contributed by atoms with E-state index in [1.165, 1.54) is 12.0 Å². The minimum atomic E-state index is -4.59. The molecule has 3 aromatic carbocycles. The van der Waals surface area contributed by atoms with Crippen LogP contribution in [0.3, 0.4) is 0 Å². The molecule has 4 rings (SSSR count). The van der Waals surface area contributed by atoms with Gasteiger partial charge in [0.1, 0.15) is 22.4 Å². The molecule has 0 bridgehead atoms. The van der Waals surface area contributed by atoms with Crippen molar-refractivity contribution < 1.29 is 27.5 Å². The first-order chi connectivity index (χ1) is 19.1. The van der Waals surface area contributed by atoms with Crippen molar-refractivity contribution in [3.63, 3.8) is 0 Å². The first kappa shape index (κ1) is 29.1. The van der Waals surface area contributed by atoms with E-state index in [9.17, 15) is 28.0 Å². The smallest absolute Gasteiger partial charge is 0.416 e. The predicted molar refractivity (Wildman–Crippen MR) is 149 cm³/mol. The summed E-state index contributed by atoms with van der Waals surface area (Å²) < 4.78 is 45.3. The van der Waals surface area contributed by atoms with Crippen molar-refractivity contribution in [2.75, 3.05) is 17.3 Å². The Morgan fingerprint density at radius 1 is 1.15 bits per heavy atom. The normalized spacial score (nSPS) is 16.5. The highest BCUT2D eigenvalue weighted by Gasteiger charge is 2.41. The molecule has 1 aliphatic rings. The number of rotatable bonds is 7. The zero-order valence-electron chi connectivity index (χ0n) is 21.4. The maximum atomic E-state index is 13.7. The highest BCUT2D eigenvalue weighted by atomic mass is 35.5. The van der Waals surface area contributed by atoms with Gasteiger partial charge in [0.2, 0.25) is 5.91 Å². The van der Waals surface area contributed by atoms with E-state index in [4.69, 9.17) is 16.3 Å². The Balaban J connectivity index is 1.76. The van der Waals surface area contributed by atoms with Gasteiger partial charge in [0.25, 0.3) is 5.91 Å². The number of halogens is 4. The van der Waals surface area contributed by atoms with E-state index in [1.54, 1.807) is 36.4 Å². The largest absolute Gasteiger partial charge is 0.495 e. The van der Waals surface area contributed by atoms with Gasteiger partial charge in [-0.15, -0.1) is 0 Å². The molecule has 11 heteroatoms. The number of ether oxygens (including phenoxy) is 1. The number of carbonyl (C=O) groups is 2. The fraction of sp³-hybridized carbons (Fsp3) is 0.207. The Morgan fingerprint density at radius 3 is 2.48 bits per heavy atom. The van der Waals surface area contributed by atoms with Crippen LogP contribution in [0.2, 0.25) is 5.02 Å². The van der Waals surface area contributed by atoms with E-state index >= 15 is 0 Å². The maximum Gasteiger partial charge on any atom is 0.416 e. The van der Waals surface area contributed by atoms with Crippen molar-refractivity contribution in [3.05, 3.63) is 99.0 Å². The number of thioether (sulfide) groups is 1. The molecular weight excluding hydrogens is 563 g/mol. The van der Waals surface area contributed by atoms with Crippen LogP contribution >= 0.6 is 23.4 Å². The minimum absolute atomic E-state index is 0.0669. The molecule has 0 spiro atoms. The molecule has 1 saturated heterocycles. The molecule has 6 nitrogen and oxygen atoms in total. The third-order valence-electron chi connectivity index (χ3n) is 6.24. The number of amides is 2. The van der Waals surface area contributed by atoms with Crippen molar-refractivity contribution in [2.45, 2.75) is 31.2 Å². The number of nitrogens with one attached hydrogen (secondary N) is 1. The lowest BCUT2D eigenvalue weighted by Gasteiger charge is -2.19. The number of para-hydroxylation sites is 2. The lowest BCUT2D eigenvalue weighted by Crippen LogP contribution is -2.31. The lowest BCUT2D eigenvalue weighted by atomic mass is 10.0. The molecule has 0 saturated carbocycles. The van der Waals surface area contributed by atoms with Gasteiger partial charge in [0, 0.05) is 10.7 Å². The molecule has 1 fully saturated rings. The van der Waals surface area contributed by atoms with Crippen LogP contribution in [0.25, 0.3) is 0 Å². The Labute approximate surface area is 238 Å². The maximum absolute atomic E-state index is 13.7. The number of nitriles is 1. The first-order valence-electron chi connectivity index (χ1n) is 12.1. The number of benzene rings is 3. The van der Waals surface area contributed by atoms with Crippen LogP contribution in [0.15, 0.2) is 77.3 Å². The SMILES string of the molecule is CCc1ccc(N2C(=O)C(Cc3cc(C(F)(F)F)ccc3Cl)S/C2=C(/C#N)C(=O)Nc2ccccc2OC)cc1. The molecule has 40 heavy (non-hydrogen) atoms. The van der Waals surface area contributed by atoms with E-state index in [0.29, 0.717) is 17.1 Å². The average molecular weight is 586 g/mol. The van der Waals surface area contributed by atoms with E-state index in [-0.39, 0.29) is 27.6 Å². The van der Waals surface area contributed by atoms with Gasteiger partial charge in [-0.3, -0.25) is 14.5 Å². The molecule has 0 aromatic heterocycles. The molecular formula is C29H23ClF3N3O3S. The van der Waals surface area contributed by atoms with Crippen LogP contribution in [0.4, 0.5) is 24.5 Å². The summed E-state index contributed by atoms with van der Waals surface area (Å²) in [5.74, 6) is -0.886. The number of carbonyl (C=O) groups excluding carboxylic acids is 2. The Morgan fingerprint density at radius 2 is 1.85 bits per heavy atom. The van der Waals surface area contributed by atoms with Crippen molar-refractivity contribution in [1.82, 2.24) is 0 Å². The van der Waals surface area contributed by atoms with Crippen LogP contribution in [0, 0.1) is 11.3 Å². The third-order valence-corrected chi connectivity index (χ3v) is 7.87. The Kier molecular flexibility index (Phi) is 8.76. The highest BCUT2D eigenvalue weighted by molar-refractivity contribution is 8.05. The molecule has 0 aliphatic carbocycles. The summed E-state index contributed by atoms with van der Waals surface area (Å²) in [6.45, 7) is 1.97. The van der Waals surface area contributed by atoms with Gasteiger partial charge >= 0.3 is 6.18 Å². The van der Waals surface area contributed by atoms with Gasteiger partial charge in [0.15, 0.2) is 0 Å². The molecule has 1 unspecified atom stereocenters. The van der Waals surface area contributed by atoms with E-state index < -0.39 is 28.8 Å². The van der Waals surface area contributed by atoms with Crippen molar-refractivity contribution in [2.24, 2.45) is 0 Å². The number of anilines is 2. The van der Waals surface area contributed by atoms with E-state index in [1.807, 2.05) is 25.1 Å². The lowest BCUT2D eigenvalue weighted by molar-refractivity contribution is -0.137. The second kappa shape index (κ2) is 12.1. The number of aryl methyl sites for hydroxylation is 1. The zero-order chi connectivity index (χ0) is 29.0. The second-order valence-corrected chi connectivity index (χ2v) is 10.4. The molecule has 1 aliphatic heterocycles. The Hall–Kier alpha value is -3.94. The standard InChI is InChI=1S/C29H23ClF3N3O3S/c1-3-17-8-11-20(12-9-17)36-27(38)25(15-18-14-19(29(31,32)33)10-13-22(18)30)40-28(36)21(16-34)26(37)35-23-6-4-5-7-24(23)39-2/h4-14,25H,3,15H2,1-2H3,(H,35,37)/b28-21-. The fourth-order valence-corrected chi connectivity index (χ4v) is 5.63. The number of hydrogen-bond donors (Lipinski definition) is 1. The average Bonchev–Trinajstić information content (AvgIpc) is 3.25. The predicted octanol–water partition coefficient (Wildman–Crippen LogP) is 6.99. The molecule has 206 valence electrons. The number of hydrogen-bond acceptors (Lipinski definition) is 5. The molecule has 3 aromatic rings. The topological polar surface area (TPSA) is 82.4 Å². The van der Waals surface area contributed by atoms with Crippen LogP contribution < -0.4 is 15.0 Å². The summed E-state index contributed by atoms with van der Waals surface area (Å²) in [4.78, 5) is 28.3. The molecule has 1 heterocycles. The van der Waals surface area contributed by atoms with E-state index in [0.717, 1.165) is 41.9 Å². The summed E-state index contributed by atoms with van der Waals surface area (Å²) >= 11 is 7.14. The van der Waals surface area contributed by atoms with E-state index in [2.05, 4.69) is 5.32 Å². The van der Waals surface area contributed by atoms with Gasteiger partial charge in [-0.1, -0.05) is 54.6 Å². The summed E-state index contributed by atoms with van der Waals surface area (Å²) in [6.07, 6.45) is -3.98. The summed E-state index contributed by atoms with van der Waals surface area (Å²) in [7, 11) is 1.44. The summed E-state index contributed by atoms with van der Waals surface area (Å²) in [5, 5.41) is 11.9. The van der Waals surface area contributed by atoms with Crippen LogP contribution in [-0.4, -0.2) is 24.2 Å². The summed E-state index contributed by atoms with van der Waals surface area (Å²) in [5.41, 5.74) is 0.654. The second-order valence-electron chi connectivity index (χ2n) is 8.75. The van der Waals surface area contributed by atoms with Crippen molar-refractivity contribution in [3.8, 4) is 11.8 Å². The fourth-order valence-electron chi connectivity index (χ4n) is 4.14. The van der Waals surface area contributed by atoms with Crippen molar-refractivity contribution in [1.29, 1.82) is 5.26 Å². The number of methoxy groups -OCH3 is 1. The number of alkyl halides is 3. The zero-order valence-corrected chi connectivity index (χ0v) is 23.0. The molecule has 2 amide bonds. The highest BCUT2D eigenvalue weighted by Crippen LogP contribution is 2.43. The van der Waals surface area contributed by atoms with Gasteiger partial charge < -0.3 is 10.1 Å². The number of nitrogens with zero attached hydrogens (tertiary/aromatic N) is 2. The summed E-state index contributed by atoms with van der Waals surface area (Å²) in [6, 6.07) is 18.5. The van der Waals surface area contributed by atoms with Gasteiger partial charge in [-0.2, -0.15) is 18.4 Å². The van der Waals surface area contributed by atoms with Crippen molar-refractivity contribution >= 4 is 46.6 Å². The van der Waals surface area contributed by atoms with Gasteiger partial charge in [-0.25, -0.2) is 0 Å². The van der Waals surface area contributed by atoms with Crippen LogP contribution in [0.1, 0.15) is 23.6 Å². The van der Waals surface area contributed by atoms with Gasteiger partial charge in [-0.05, 0) is 66.4 Å². The minimum Gasteiger partial charge on any atom is -0.495 e.